The van der Waals surface area contributed by atoms with Crippen LogP contribution in [0.4, 0.5) is 0 Å². The standard InChI is InChI=1S/C20H20N4S/c1-4-10-16(11-5-1)19-23-24(18-14-8-3-9-15-18)20(25-19)22-21-17-12-6-2-7-13-17/h1,3-5,8-11,14-15H,2,6-7,12-13H2/b22-20+. The van der Waals surface area contributed by atoms with Gasteiger partial charge in [0.1, 0.15) is 5.01 Å². The van der Waals surface area contributed by atoms with Crippen molar-refractivity contribution in [3.8, 4) is 16.3 Å². The Bertz CT molecular complexity index is 915. The van der Waals surface area contributed by atoms with Gasteiger partial charge in [-0.25, -0.2) is 4.68 Å². The second-order valence-electron chi connectivity index (χ2n) is 6.13. The van der Waals surface area contributed by atoms with Gasteiger partial charge >= 0.3 is 0 Å². The molecule has 0 aliphatic heterocycles. The normalized spacial score (nSPS) is 15.4. The van der Waals surface area contributed by atoms with Crippen LogP contribution in [0.2, 0.25) is 0 Å². The van der Waals surface area contributed by atoms with Crippen molar-refractivity contribution in [2.45, 2.75) is 32.1 Å². The Morgan fingerprint density at radius 1 is 0.800 bits per heavy atom. The first kappa shape index (κ1) is 16.0. The van der Waals surface area contributed by atoms with Crippen LogP contribution in [0.15, 0.2) is 70.9 Å². The molecular formula is C20H20N4S. The summed E-state index contributed by atoms with van der Waals surface area (Å²) in [7, 11) is 0. The molecule has 4 rings (SSSR count). The van der Waals surface area contributed by atoms with E-state index in [4.69, 9.17) is 5.10 Å². The van der Waals surface area contributed by atoms with Crippen LogP contribution in [-0.4, -0.2) is 15.5 Å². The molecule has 0 bridgehead atoms. The van der Waals surface area contributed by atoms with E-state index < -0.39 is 0 Å². The molecule has 1 aromatic heterocycles. The Balaban J connectivity index is 1.79. The second-order valence-corrected chi connectivity index (χ2v) is 7.09. The number of hydrogen-bond donors (Lipinski definition) is 0. The minimum atomic E-state index is 0.808. The number of nitrogens with zero attached hydrogens (tertiary/aromatic N) is 4. The zero-order chi connectivity index (χ0) is 16.9. The molecule has 0 saturated heterocycles. The topological polar surface area (TPSA) is 42.5 Å². The highest BCUT2D eigenvalue weighted by molar-refractivity contribution is 7.12. The van der Waals surface area contributed by atoms with E-state index in [-0.39, 0.29) is 0 Å². The summed E-state index contributed by atoms with van der Waals surface area (Å²) in [5, 5.41) is 14.8. The molecule has 0 radical (unpaired) electrons. The molecule has 126 valence electrons. The lowest BCUT2D eigenvalue weighted by atomic mass is 9.99. The molecule has 0 spiro atoms. The lowest BCUT2D eigenvalue weighted by molar-refractivity contribution is 0.663. The highest BCUT2D eigenvalue weighted by Gasteiger charge is 2.10. The second kappa shape index (κ2) is 7.57. The third kappa shape index (κ3) is 3.77. The Labute approximate surface area is 151 Å². The first-order valence-electron chi connectivity index (χ1n) is 8.70. The van der Waals surface area contributed by atoms with Crippen LogP contribution in [0, 0.1) is 0 Å². The average Bonchev–Trinajstić information content (AvgIpc) is 3.13. The first-order chi connectivity index (χ1) is 12.4. The highest BCUT2D eigenvalue weighted by Crippen LogP contribution is 2.20. The smallest absolute Gasteiger partial charge is 0.203 e. The van der Waals surface area contributed by atoms with E-state index in [9.17, 15) is 0 Å². The van der Waals surface area contributed by atoms with Crippen LogP contribution in [0.25, 0.3) is 16.3 Å². The fourth-order valence-corrected chi connectivity index (χ4v) is 3.82. The van der Waals surface area contributed by atoms with Crippen molar-refractivity contribution in [2.75, 3.05) is 0 Å². The van der Waals surface area contributed by atoms with E-state index in [1.807, 2.05) is 53.2 Å². The Kier molecular flexibility index (Phi) is 4.84. The number of rotatable bonds is 3. The van der Waals surface area contributed by atoms with Gasteiger partial charge in [0.05, 0.1) is 5.69 Å². The highest BCUT2D eigenvalue weighted by atomic mass is 32.1. The third-order valence-corrected chi connectivity index (χ3v) is 5.24. The van der Waals surface area contributed by atoms with Crippen LogP contribution in [-0.2, 0) is 0 Å². The maximum absolute atomic E-state index is 4.79. The summed E-state index contributed by atoms with van der Waals surface area (Å²) in [6, 6.07) is 20.3. The van der Waals surface area contributed by atoms with Gasteiger partial charge in [0.2, 0.25) is 4.80 Å². The van der Waals surface area contributed by atoms with Gasteiger partial charge in [0.15, 0.2) is 0 Å². The average molecular weight is 348 g/mol. The molecule has 1 heterocycles. The van der Waals surface area contributed by atoms with Gasteiger partial charge in [0, 0.05) is 11.3 Å². The van der Waals surface area contributed by atoms with Crippen molar-refractivity contribution in [3.63, 3.8) is 0 Å². The van der Waals surface area contributed by atoms with Gasteiger partial charge in [-0.15, -0.1) is 5.10 Å². The van der Waals surface area contributed by atoms with Gasteiger partial charge in [-0.3, -0.25) is 0 Å². The fourth-order valence-electron chi connectivity index (χ4n) is 2.95. The quantitative estimate of drug-likeness (QED) is 0.626. The Hall–Kier alpha value is -2.53. The van der Waals surface area contributed by atoms with Crippen LogP contribution in [0.3, 0.4) is 0 Å². The van der Waals surface area contributed by atoms with Crippen molar-refractivity contribution in [2.24, 2.45) is 10.2 Å². The number of benzene rings is 2. The summed E-state index contributed by atoms with van der Waals surface area (Å²) >= 11 is 1.57. The molecule has 0 N–H and O–H groups in total. The zero-order valence-electron chi connectivity index (χ0n) is 14.0. The summed E-state index contributed by atoms with van der Waals surface area (Å²) in [6.45, 7) is 0. The minimum Gasteiger partial charge on any atom is -0.203 e. The molecule has 1 saturated carbocycles. The lowest BCUT2D eigenvalue weighted by Gasteiger charge is -2.09. The van der Waals surface area contributed by atoms with Gasteiger partial charge in [-0.1, -0.05) is 66.3 Å². The summed E-state index contributed by atoms with van der Waals surface area (Å²) < 4.78 is 1.89. The summed E-state index contributed by atoms with van der Waals surface area (Å²) in [6.07, 6.45) is 5.90. The largest absolute Gasteiger partial charge is 0.233 e. The van der Waals surface area contributed by atoms with Gasteiger partial charge in [0.25, 0.3) is 0 Å². The maximum atomic E-state index is 4.79. The zero-order valence-corrected chi connectivity index (χ0v) is 14.8. The molecule has 25 heavy (non-hydrogen) atoms. The van der Waals surface area contributed by atoms with Crippen molar-refractivity contribution >= 4 is 17.0 Å². The molecule has 2 aromatic carbocycles. The fraction of sp³-hybridized carbons (Fsp3) is 0.250. The molecule has 4 nitrogen and oxygen atoms in total. The molecule has 0 unspecified atom stereocenters. The molecule has 5 heteroatoms. The third-order valence-electron chi connectivity index (χ3n) is 4.29. The van der Waals surface area contributed by atoms with E-state index in [0.717, 1.165) is 33.9 Å². The van der Waals surface area contributed by atoms with Crippen LogP contribution >= 0.6 is 11.3 Å². The van der Waals surface area contributed by atoms with Crippen LogP contribution < -0.4 is 4.80 Å². The van der Waals surface area contributed by atoms with E-state index in [1.54, 1.807) is 11.3 Å². The molecular weight excluding hydrogens is 328 g/mol. The van der Waals surface area contributed by atoms with Crippen molar-refractivity contribution < 1.29 is 0 Å². The predicted molar refractivity (Wildman–Crippen MR) is 103 cm³/mol. The summed E-state index contributed by atoms with van der Waals surface area (Å²) in [5.74, 6) is 0. The summed E-state index contributed by atoms with van der Waals surface area (Å²) in [5.41, 5.74) is 3.31. The number of para-hydroxylation sites is 1. The van der Waals surface area contributed by atoms with Crippen molar-refractivity contribution in [3.05, 3.63) is 65.5 Å². The molecule has 1 aliphatic rings. The van der Waals surface area contributed by atoms with E-state index in [1.165, 1.54) is 25.0 Å². The van der Waals surface area contributed by atoms with Gasteiger partial charge < -0.3 is 0 Å². The first-order valence-corrected chi connectivity index (χ1v) is 9.52. The summed E-state index contributed by atoms with van der Waals surface area (Å²) in [4.78, 5) is 0.808. The van der Waals surface area contributed by atoms with E-state index in [0.29, 0.717) is 0 Å². The molecule has 1 fully saturated rings. The molecule has 3 aromatic rings. The van der Waals surface area contributed by atoms with Crippen molar-refractivity contribution in [1.29, 1.82) is 0 Å². The maximum Gasteiger partial charge on any atom is 0.233 e. The monoisotopic (exact) mass is 348 g/mol. The molecule has 0 atom stereocenters. The van der Waals surface area contributed by atoms with Crippen molar-refractivity contribution in [1.82, 2.24) is 9.78 Å². The van der Waals surface area contributed by atoms with E-state index >= 15 is 0 Å². The predicted octanol–water partition coefficient (Wildman–Crippen LogP) is 4.82. The van der Waals surface area contributed by atoms with Gasteiger partial charge in [-0.2, -0.15) is 10.2 Å². The SMILES string of the molecule is c1ccc(-c2nn(-c3ccccc3)/c(=N\N=C3CCCCC3)s2)cc1. The van der Waals surface area contributed by atoms with E-state index in [2.05, 4.69) is 22.3 Å². The number of aromatic nitrogens is 2. The minimum absolute atomic E-state index is 0.808. The lowest BCUT2D eigenvalue weighted by Crippen LogP contribution is -2.14. The van der Waals surface area contributed by atoms with Gasteiger partial charge in [-0.05, 0) is 37.8 Å². The Morgan fingerprint density at radius 2 is 1.48 bits per heavy atom. The van der Waals surface area contributed by atoms with Crippen LogP contribution in [0.5, 0.6) is 0 Å². The van der Waals surface area contributed by atoms with Crippen LogP contribution in [0.1, 0.15) is 32.1 Å². The molecule has 1 aliphatic carbocycles. The molecule has 0 amide bonds. The Morgan fingerprint density at radius 3 is 2.20 bits per heavy atom. The number of hydrogen-bond acceptors (Lipinski definition) is 4.